The number of amides is 1. The van der Waals surface area contributed by atoms with Gasteiger partial charge in [0.2, 0.25) is 0 Å². The third-order valence-corrected chi connectivity index (χ3v) is 4.39. The number of hydrogen-bond donors (Lipinski definition) is 4. The first-order valence-corrected chi connectivity index (χ1v) is 8.75. The minimum Gasteiger partial charge on any atom is -0.394 e. The van der Waals surface area contributed by atoms with E-state index < -0.39 is 30.0 Å². The molecular formula is C15H15ClFIN4O4. The van der Waals surface area contributed by atoms with Crippen LogP contribution in [0.2, 0.25) is 5.02 Å². The molecule has 2 aromatic rings. The molecule has 0 fully saturated rings. The van der Waals surface area contributed by atoms with E-state index in [9.17, 15) is 19.1 Å². The number of carbonyl (C=O) groups excluding carboxylic acids is 1. The molecule has 11 heteroatoms. The SMILES string of the molecule is CN(C[C@H](O)CO)C(=O)c1n[nH]c(=O)c(Cl)c1Nc1ccc(I)cc1F. The Kier molecular flexibility index (Phi) is 6.92. The van der Waals surface area contributed by atoms with Crippen molar-refractivity contribution in [1.82, 2.24) is 15.1 Å². The number of anilines is 2. The van der Waals surface area contributed by atoms with Gasteiger partial charge >= 0.3 is 0 Å². The summed E-state index contributed by atoms with van der Waals surface area (Å²) in [4.78, 5) is 25.4. The molecule has 1 amide bonds. The summed E-state index contributed by atoms with van der Waals surface area (Å²) in [5, 5.41) is 26.4. The Morgan fingerprint density at radius 3 is 2.85 bits per heavy atom. The van der Waals surface area contributed by atoms with Gasteiger partial charge in [0.1, 0.15) is 10.8 Å². The van der Waals surface area contributed by atoms with Gasteiger partial charge in [-0.2, -0.15) is 5.10 Å². The second kappa shape index (κ2) is 8.75. The quantitative estimate of drug-likeness (QED) is 0.448. The van der Waals surface area contributed by atoms with Crippen molar-refractivity contribution in [2.75, 3.05) is 25.5 Å². The number of H-pyrrole nitrogens is 1. The molecule has 0 spiro atoms. The smallest absolute Gasteiger partial charge is 0.285 e. The first kappa shape index (κ1) is 20.6. The Balaban J connectivity index is 2.43. The number of benzene rings is 1. The minimum atomic E-state index is -1.15. The standard InChI is InChI=1S/C15H15ClFIN4O4/c1-22(5-8(24)6-23)15(26)13-12(11(16)14(25)21-20-13)19-10-3-2-7(18)4-9(10)17/h2-4,8,23-24H,5-6H2,1H3,(H2,19,21,25)/t8-/m0/s1. The lowest BCUT2D eigenvalue weighted by Gasteiger charge is -2.21. The third-order valence-electron chi connectivity index (χ3n) is 3.36. The normalized spacial score (nSPS) is 11.9. The van der Waals surface area contributed by atoms with E-state index in [-0.39, 0.29) is 28.6 Å². The average molecular weight is 497 g/mol. The van der Waals surface area contributed by atoms with E-state index in [1.807, 2.05) is 22.6 Å². The Hall–Kier alpha value is -1.76. The lowest BCUT2D eigenvalue weighted by Crippen LogP contribution is -2.37. The molecule has 1 aromatic carbocycles. The number of likely N-dealkylation sites (N-methyl/N-ethyl adjacent to an activating group) is 1. The van der Waals surface area contributed by atoms with Crippen LogP contribution in [0.25, 0.3) is 0 Å². The zero-order valence-corrected chi connectivity index (χ0v) is 16.4. The van der Waals surface area contributed by atoms with Gasteiger partial charge in [0.25, 0.3) is 11.5 Å². The highest BCUT2D eigenvalue weighted by Gasteiger charge is 2.24. The van der Waals surface area contributed by atoms with Crippen LogP contribution in [-0.2, 0) is 0 Å². The number of nitrogens with one attached hydrogen (secondary N) is 2. The Bertz CT molecular complexity index is 879. The molecule has 0 aliphatic carbocycles. The van der Waals surface area contributed by atoms with Crippen LogP contribution in [0.15, 0.2) is 23.0 Å². The van der Waals surface area contributed by atoms with Crippen LogP contribution in [0.4, 0.5) is 15.8 Å². The molecule has 1 atom stereocenters. The summed E-state index contributed by atoms with van der Waals surface area (Å²) < 4.78 is 14.8. The van der Waals surface area contributed by atoms with Crippen molar-refractivity contribution in [3.8, 4) is 0 Å². The van der Waals surface area contributed by atoms with E-state index in [2.05, 4.69) is 15.5 Å². The minimum absolute atomic E-state index is 0.00631. The van der Waals surface area contributed by atoms with Gasteiger partial charge < -0.3 is 20.4 Å². The molecule has 0 radical (unpaired) electrons. The molecule has 0 unspecified atom stereocenters. The van der Waals surface area contributed by atoms with E-state index in [0.717, 1.165) is 4.90 Å². The summed E-state index contributed by atoms with van der Waals surface area (Å²) in [6.45, 7) is -0.707. The lowest BCUT2D eigenvalue weighted by atomic mass is 10.2. The van der Waals surface area contributed by atoms with Crippen LogP contribution in [-0.4, -0.2) is 57.5 Å². The maximum Gasteiger partial charge on any atom is 0.285 e. The summed E-state index contributed by atoms with van der Waals surface area (Å²) in [5.74, 6) is -1.29. The van der Waals surface area contributed by atoms with Crippen LogP contribution < -0.4 is 10.9 Å². The molecule has 0 bridgehead atoms. The highest BCUT2D eigenvalue weighted by molar-refractivity contribution is 14.1. The molecule has 4 N–H and O–H groups in total. The summed E-state index contributed by atoms with van der Waals surface area (Å²) in [6.07, 6.45) is -1.15. The maximum atomic E-state index is 14.1. The average Bonchev–Trinajstić information content (AvgIpc) is 2.60. The van der Waals surface area contributed by atoms with Crippen LogP contribution in [0.5, 0.6) is 0 Å². The zero-order chi connectivity index (χ0) is 19.4. The number of rotatable bonds is 6. The van der Waals surface area contributed by atoms with Gasteiger partial charge in [0, 0.05) is 17.2 Å². The predicted octanol–water partition coefficient (Wildman–Crippen LogP) is 1.34. The van der Waals surface area contributed by atoms with E-state index in [4.69, 9.17) is 16.7 Å². The predicted molar refractivity (Wildman–Crippen MR) is 102 cm³/mol. The molecule has 0 saturated heterocycles. The fourth-order valence-electron chi connectivity index (χ4n) is 2.06. The van der Waals surface area contributed by atoms with Crippen molar-refractivity contribution in [1.29, 1.82) is 0 Å². The first-order valence-electron chi connectivity index (χ1n) is 7.29. The molecule has 0 aliphatic rings. The molecule has 2 rings (SSSR count). The highest BCUT2D eigenvalue weighted by atomic mass is 127. The van der Waals surface area contributed by atoms with Crippen molar-refractivity contribution in [2.24, 2.45) is 0 Å². The highest BCUT2D eigenvalue weighted by Crippen LogP contribution is 2.28. The van der Waals surface area contributed by atoms with Gasteiger partial charge in [0.05, 0.1) is 24.1 Å². The summed E-state index contributed by atoms with van der Waals surface area (Å²) in [5.41, 5.74) is -1.17. The van der Waals surface area contributed by atoms with Crippen molar-refractivity contribution < 1.29 is 19.4 Å². The molecule has 26 heavy (non-hydrogen) atoms. The van der Waals surface area contributed by atoms with Crippen LogP contribution in [0.3, 0.4) is 0 Å². The van der Waals surface area contributed by atoms with E-state index >= 15 is 0 Å². The number of aromatic nitrogens is 2. The van der Waals surface area contributed by atoms with Crippen molar-refractivity contribution >= 4 is 51.5 Å². The summed E-state index contributed by atoms with van der Waals surface area (Å²) in [6, 6.07) is 4.33. The molecule has 0 aliphatic heterocycles. The van der Waals surface area contributed by atoms with E-state index in [1.54, 1.807) is 6.07 Å². The Morgan fingerprint density at radius 1 is 1.54 bits per heavy atom. The number of nitrogens with zero attached hydrogens (tertiary/aromatic N) is 2. The van der Waals surface area contributed by atoms with Gasteiger partial charge in [0.15, 0.2) is 5.69 Å². The lowest BCUT2D eigenvalue weighted by molar-refractivity contribution is 0.0516. The van der Waals surface area contributed by atoms with E-state index in [0.29, 0.717) is 3.57 Å². The second-order valence-corrected chi connectivity index (χ2v) is 6.99. The van der Waals surface area contributed by atoms with Gasteiger partial charge in [-0.05, 0) is 40.8 Å². The Labute approximate surface area is 166 Å². The summed E-state index contributed by atoms with van der Waals surface area (Å²) >= 11 is 7.92. The maximum absolute atomic E-state index is 14.1. The van der Waals surface area contributed by atoms with E-state index in [1.165, 1.54) is 19.2 Å². The summed E-state index contributed by atoms with van der Waals surface area (Å²) in [7, 11) is 1.37. The molecule has 140 valence electrons. The molecule has 1 heterocycles. The number of hydrogen-bond acceptors (Lipinski definition) is 6. The third kappa shape index (κ3) is 4.69. The van der Waals surface area contributed by atoms with Gasteiger partial charge in [-0.15, -0.1) is 0 Å². The first-order chi connectivity index (χ1) is 12.2. The van der Waals surface area contributed by atoms with Crippen LogP contribution >= 0.6 is 34.2 Å². The molecule has 1 aromatic heterocycles. The van der Waals surface area contributed by atoms with Gasteiger partial charge in [-0.3, -0.25) is 9.59 Å². The topological polar surface area (TPSA) is 119 Å². The second-order valence-electron chi connectivity index (χ2n) is 5.36. The van der Waals surface area contributed by atoms with Crippen LogP contribution in [0, 0.1) is 9.39 Å². The molecule has 8 nitrogen and oxygen atoms in total. The van der Waals surface area contributed by atoms with Gasteiger partial charge in [-0.1, -0.05) is 11.6 Å². The van der Waals surface area contributed by atoms with Gasteiger partial charge in [-0.25, -0.2) is 9.49 Å². The number of halogens is 3. The Morgan fingerprint density at radius 2 is 2.23 bits per heavy atom. The number of carbonyl (C=O) groups is 1. The monoisotopic (exact) mass is 496 g/mol. The van der Waals surface area contributed by atoms with Crippen LogP contribution in [0.1, 0.15) is 10.5 Å². The molecular weight excluding hydrogens is 482 g/mol. The zero-order valence-electron chi connectivity index (χ0n) is 13.5. The fraction of sp³-hybridized carbons (Fsp3) is 0.267. The number of aliphatic hydroxyl groups excluding tert-OH is 2. The molecule has 0 saturated carbocycles. The van der Waals surface area contributed by atoms with Crippen molar-refractivity contribution in [2.45, 2.75) is 6.10 Å². The fourth-order valence-corrected chi connectivity index (χ4v) is 2.69. The number of aliphatic hydroxyl groups is 2. The van der Waals surface area contributed by atoms with Crippen molar-refractivity contribution in [3.05, 3.63) is 48.7 Å². The number of aromatic amines is 1. The largest absolute Gasteiger partial charge is 0.394 e. The van der Waals surface area contributed by atoms with Crippen molar-refractivity contribution in [3.63, 3.8) is 0 Å².